The normalized spacial score (nSPS) is 13.4. The molecule has 0 saturated heterocycles. The molecule has 7 nitrogen and oxygen atoms in total. The fourth-order valence-corrected chi connectivity index (χ4v) is 3.45. The minimum absolute atomic E-state index is 0.00770. The fourth-order valence-electron chi connectivity index (χ4n) is 3.45. The molecule has 0 aromatic heterocycles. The topological polar surface area (TPSA) is 108 Å². The highest BCUT2D eigenvalue weighted by Crippen LogP contribution is 2.22. The van der Waals surface area contributed by atoms with E-state index in [0.29, 0.717) is 11.4 Å². The van der Waals surface area contributed by atoms with E-state index in [2.05, 4.69) is 41.7 Å². The van der Waals surface area contributed by atoms with Crippen LogP contribution in [0, 0.1) is 0 Å². The van der Waals surface area contributed by atoms with Crippen LogP contribution >= 0.6 is 0 Å². The van der Waals surface area contributed by atoms with E-state index in [1.54, 1.807) is 24.3 Å². The van der Waals surface area contributed by atoms with Crippen molar-refractivity contribution in [3.05, 3.63) is 84.4 Å². The number of aliphatic hydroxyl groups is 1. The number of hydrogen-bond acceptors (Lipinski definition) is 4. The number of hydrogen-bond donors (Lipinski definition) is 4. The molecular weight excluding hydrogens is 432 g/mol. The van der Waals surface area contributed by atoms with E-state index in [9.17, 15) is 14.7 Å². The second-order valence-electron chi connectivity index (χ2n) is 8.43. The highest BCUT2D eigenvalue weighted by molar-refractivity contribution is 5.99. The van der Waals surface area contributed by atoms with E-state index in [4.69, 9.17) is 9.84 Å². The Labute approximate surface area is 199 Å². The van der Waals surface area contributed by atoms with Crippen molar-refractivity contribution in [2.75, 3.05) is 11.9 Å². The molecule has 0 bridgehead atoms. The van der Waals surface area contributed by atoms with Crippen molar-refractivity contribution in [3.8, 4) is 16.9 Å². The Morgan fingerprint density at radius 2 is 1.56 bits per heavy atom. The van der Waals surface area contributed by atoms with E-state index >= 15 is 0 Å². The molecule has 0 aliphatic heterocycles. The van der Waals surface area contributed by atoms with Crippen LogP contribution in [0.5, 0.6) is 5.75 Å². The second-order valence-corrected chi connectivity index (χ2v) is 8.43. The summed E-state index contributed by atoms with van der Waals surface area (Å²) in [6.45, 7) is 2.65. The van der Waals surface area contributed by atoms with Gasteiger partial charge < -0.3 is 25.6 Å². The van der Waals surface area contributed by atoms with Crippen molar-refractivity contribution >= 4 is 17.7 Å². The van der Waals surface area contributed by atoms with Crippen LogP contribution in [0.25, 0.3) is 11.1 Å². The van der Waals surface area contributed by atoms with Gasteiger partial charge in [0.25, 0.3) is 5.91 Å². The van der Waals surface area contributed by atoms with Gasteiger partial charge in [-0.25, -0.2) is 4.79 Å². The smallest absolute Gasteiger partial charge is 0.405 e. The number of nitrogens with one attached hydrogen (secondary N) is 2. The predicted molar refractivity (Wildman–Crippen MR) is 132 cm³/mol. The summed E-state index contributed by atoms with van der Waals surface area (Å²) in [5.41, 5.74) is 2.46. The SMILES string of the molecule is CC(CCc1ccc(-c2ccccc2)cc1)Oc1ccc(NC(=O)C(C)(CO)NC(=O)O)cc1. The van der Waals surface area contributed by atoms with Gasteiger partial charge in [0, 0.05) is 5.69 Å². The molecule has 0 radical (unpaired) electrons. The first kappa shape index (κ1) is 24.8. The number of carboxylic acid groups (broad SMARTS) is 1. The summed E-state index contributed by atoms with van der Waals surface area (Å²) < 4.78 is 5.99. The van der Waals surface area contributed by atoms with Crippen LogP contribution in [0.3, 0.4) is 0 Å². The van der Waals surface area contributed by atoms with Gasteiger partial charge in [-0.3, -0.25) is 4.79 Å². The summed E-state index contributed by atoms with van der Waals surface area (Å²) in [4.78, 5) is 23.2. The lowest BCUT2D eigenvalue weighted by molar-refractivity contribution is -0.123. The molecule has 0 spiro atoms. The maximum Gasteiger partial charge on any atom is 0.405 e. The van der Waals surface area contributed by atoms with Gasteiger partial charge in [0.05, 0.1) is 12.7 Å². The summed E-state index contributed by atoms with van der Waals surface area (Å²) in [5, 5.41) is 22.9. The van der Waals surface area contributed by atoms with Crippen LogP contribution in [0.2, 0.25) is 0 Å². The maximum absolute atomic E-state index is 12.4. The van der Waals surface area contributed by atoms with Gasteiger partial charge in [0.15, 0.2) is 0 Å². The van der Waals surface area contributed by atoms with Crippen LogP contribution in [0.1, 0.15) is 25.8 Å². The third-order valence-corrected chi connectivity index (χ3v) is 5.55. The molecule has 0 aliphatic rings. The molecular formula is C27H30N2O5. The highest BCUT2D eigenvalue weighted by atomic mass is 16.5. The molecule has 0 saturated carbocycles. The molecule has 2 atom stereocenters. The van der Waals surface area contributed by atoms with Crippen LogP contribution in [0.15, 0.2) is 78.9 Å². The number of ether oxygens (including phenoxy) is 1. The highest BCUT2D eigenvalue weighted by Gasteiger charge is 2.34. The zero-order valence-corrected chi connectivity index (χ0v) is 19.3. The van der Waals surface area contributed by atoms with Gasteiger partial charge in [0.1, 0.15) is 11.3 Å². The lowest BCUT2D eigenvalue weighted by Gasteiger charge is -2.25. The van der Waals surface area contributed by atoms with Crippen molar-refractivity contribution < 1.29 is 24.5 Å². The maximum atomic E-state index is 12.4. The second kappa shape index (κ2) is 11.3. The Kier molecular flexibility index (Phi) is 8.27. The molecule has 0 heterocycles. The molecule has 2 unspecified atom stereocenters. The van der Waals surface area contributed by atoms with Crippen molar-refractivity contribution in [1.82, 2.24) is 5.32 Å². The van der Waals surface area contributed by atoms with Crippen LogP contribution in [-0.2, 0) is 11.2 Å². The van der Waals surface area contributed by atoms with Crippen LogP contribution in [0.4, 0.5) is 10.5 Å². The Balaban J connectivity index is 1.49. The first-order chi connectivity index (χ1) is 16.3. The average Bonchev–Trinajstić information content (AvgIpc) is 2.84. The molecule has 3 aromatic carbocycles. The standard InChI is InChI=1S/C27H30N2O5/c1-19(8-9-20-10-12-22(13-11-20)21-6-4-3-5-7-21)34-24-16-14-23(15-17-24)28-25(31)27(2,18-30)29-26(32)33/h3-7,10-17,19,29-30H,8-9,18H2,1-2H3,(H,28,31)(H,32,33). The molecule has 3 rings (SSSR count). The minimum atomic E-state index is -1.64. The zero-order chi connectivity index (χ0) is 24.6. The largest absolute Gasteiger partial charge is 0.491 e. The average molecular weight is 463 g/mol. The predicted octanol–water partition coefficient (Wildman–Crippen LogP) is 4.71. The number of amides is 2. The third kappa shape index (κ3) is 6.83. The van der Waals surface area contributed by atoms with E-state index in [1.807, 2.05) is 30.4 Å². The lowest BCUT2D eigenvalue weighted by Crippen LogP contribution is -2.56. The number of carbonyl (C=O) groups is 2. The Hall–Kier alpha value is -3.84. The zero-order valence-electron chi connectivity index (χ0n) is 19.3. The molecule has 0 fully saturated rings. The first-order valence-corrected chi connectivity index (χ1v) is 11.1. The monoisotopic (exact) mass is 462 g/mol. The number of rotatable bonds is 10. The van der Waals surface area contributed by atoms with Gasteiger partial charge in [0.2, 0.25) is 0 Å². The number of carbonyl (C=O) groups excluding carboxylic acids is 1. The Morgan fingerprint density at radius 1 is 0.941 bits per heavy atom. The van der Waals surface area contributed by atoms with E-state index < -0.39 is 24.1 Å². The van der Waals surface area contributed by atoms with Crippen molar-refractivity contribution in [1.29, 1.82) is 0 Å². The molecule has 2 amide bonds. The Bertz CT molecular complexity index is 1080. The van der Waals surface area contributed by atoms with Crippen molar-refractivity contribution in [2.45, 2.75) is 38.3 Å². The van der Waals surface area contributed by atoms with Gasteiger partial charge in [-0.15, -0.1) is 0 Å². The van der Waals surface area contributed by atoms with Crippen LogP contribution in [-0.4, -0.2) is 40.5 Å². The van der Waals surface area contributed by atoms with Gasteiger partial charge in [-0.2, -0.15) is 0 Å². The number of anilines is 1. The van der Waals surface area contributed by atoms with Crippen molar-refractivity contribution in [2.24, 2.45) is 0 Å². The summed E-state index contributed by atoms with van der Waals surface area (Å²) in [5.74, 6) is 0.0104. The summed E-state index contributed by atoms with van der Waals surface area (Å²) >= 11 is 0. The van der Waals surface area contributed by atoms with E-state index in [0.717, 1.165) is 12.8 Å². The lowest BCUT2D eigenvalue weighted by atomic mass is 10.0. The van der Waals surface area contributed by atoms with Gasteiger partial charge in [-0.05, 0) is 67.6 Å². The Morgan fingerprint density at radius 3 is 2.15 bits per heavy atom. The number of aliphatic hydroxyl groups excluding tert-OH is 1. The van der Waals surface area contributed by atoms with Gasteiger partial charge in [-0.1, -0.05) is 54.6 Å². The van der Waals surface area contributed by atoms with Crippen LogP contribution < -0.4 is 15.4 Å². The molecule has 7 heteroatoms. The first-order valence-electron chi connectivity index (χ1n) is 11.1. The number of aryl methyl sites for hydroxylation is 1. The summed E-state index contributed by atoms with van der Waals surface area (Å²) in [6, 6.07) is 25.6. The van der Waals surface area contributed by atoms with E-state index in [1.165, 1.54) is 23.6 Å². The summed E-state index contributed by atoms with van der Waals surface area (Å²) in [6.07, 6.45) is 0.336. The van der Waals surface area contributed by atoms with Crippen molar-refractivity contribution in [3.63, 3.8) is 0 Å². The molecule has 4 N–H and O–H groups in total. The van der Waals surface area contributed by atoms with E-state index in [-0.39, 0.29) is 6.10 Å². The third-order valence-electron chi connectivity index (χ3n) is 5.55. The number of benzene rings is 3. The molecule has 0 aliphatic carbocycles. The molecule has 3 aromatic rings. The minimum Gasteiger partial charge on any atom is -0.491 e. The molecule has 34 heavy (non-hydrogen) atoms. The fraction of sp³-hybridized carbons (Fsp3) is 0.259. The molecule has 178 valence electrons. The van der Waals surface area contributed by atoms with Gasteiger partial charge >= 0.3 is 6.09 Å². The quantitative estimate of drug-likeness (QED) is 0.349. The summed E-state index contributed by atoms with van der Waals surface area (Å²) in [7, 11) is 0.